The number of rotatable bonds is 5. The first kappa shape index (κ1) is 16.2. The van der Waals surface area contributed by atoms with Crippen LogP contribution in [-0.4, -0.2) is 57.2 Å². The van der Waals surface area contributed by atoms with E-state index in [1.807, 2.05) is 0 Å². The number of nitro groups is 1. The Labute approximate surface area is 136 Å². The van der Waals surface area contributed by atoms with Crippen molar-refractivity contribution in [2.75, 3.05) is 43.9 Å². The minimum atomic E-state index is -3.64. The van der Waals surface area contributed by atoms with Crippen molar-refractivity contribution in [1.82, 2.24) is 4.90 Å². The molecule has 126 valence electrons. The molecule has 8 heteroatoms. The number of benzene rings is 1. The van der Waals surface area contributed by atoms with Gasteiger partial charge < -0.3 is 4.90 Å². The second kappa shape index (κ2) is 6.09. The molecule has 1 aliphatic carbocycles. The first-order chi connectivity index (χ1) is 10.8. The molecule has 7 nitrogen and oxygen atoms in total. The summed E-state index contributed by atoms with van der Waals surface area (Å²) >= 11 is 0. The van der Waals surface area contributed by atoms with Gasteiger partial charge in [-0.05, 0) is 30.9 Å². The van der Waals surface area contributed by atoms with Crippen molar-refractivity contribution in [3.8, 4) is 0 Å². The molecule has 2 aliphatic rings. The third kappa shape index (κ3) is 3.81. The van der Waals surface area contributed by atoms with Crippen LogP contribution in [0.1, 0.15) is 12.8 Å². The number of hydrogen-bond acceptors (Lipinski definition) is 6. The number of hydrogen-bond donors (Lipinski definition) is 0. The zero-order valence-electron chi connectivity index (χ0n) is 13.1. The fraction of sp³-hybridized carbons (Fsp3) is 0.600. The van der Waals surface area contributed by atoms with E-state index in [9.17, 15) is 18.5 Å². The lowest BCUT2D eigenvalue weighted by Gasteiger charge is -2.36. The van der Waals surface area contributed by atoms with Gasteiger partial charge in [0.15, 0.2) is 9.84 Å². The van der Waals surface area contributed by atoms with Crippen molar-refractivity contribution in [2.45, 2.75) is 17.7 Å². The van der Waals surface area contributed by atoms with E-state index in [-0.39, 0.29) is 10.6 Å². The number of anilines is 1. The summed E-state index contributed by atoms with van der Waals surface area (Å²) < 4.78 is 23.7. The summed E-state index contributed by atoms with van der Waals surface area (Å²) in [6.07, 6.45) is 3.67. The van der Waals surface area contributed by atoms with Crippen LogP contribution in [0.15, 0.2) is 23.1 Å². The third-order valence-electron chi connectivity index (χ3n) is 4.49. The van der Waals surface area contributed by atoms with Gasteiger partial charge in [-0.3, -0.25) is 15.0 Å². The summed E-state index contributed by atoms with van der Waals surface area (Å²) in [6, 6.07) is 4.37. The number of piperazine rings is 1. The topological polar surface area (TPSA) is 83.8 Å². The highest BCUT2D eigenvalue weighted by molar-refractivity contribution is 7.90. The maximum Gasteiger partial charge on any atom is 0.288 e. The Kier molecular flexibility index (Phi) is 4.29. The zero-order valence-corrected chi connectivity index (χ0v) is 14.0. The van der Waals surface area contributed by atoms with Gasteiger partial charge in [0, 0.05) is 50.7 Å². The molecule has 0 unspecified atom stereocenters. The van der Waals surface area contributed by atoms with E-state index in [0.29, 0.717) is 0 Å². The van der Waals surface area contributed by atoms with Gasteiger partial charge in [0.2, 0.25) is 0 Å². The molecule has 0 atom stereocenters. The first-order valence-corrected chi connectivity index (χ1v) is 9.69. The fourth-order valence-electron chi connectivity index (χ4n) is 3.00. The second-order valence-corrected chi connectivity index (χ2v) is 8.40. The Morgan fingerprint density at radius 2 is 1.87 bits per heavy atom. The van der Waals surface area contributed by atoms with Crippen LogP contribution >= 0.6 is 0 Å². The summed E-state index contributed by atoms with van der Waals surface area (Å²) in [6.45, 7) is 4.67. The van der Waals surface area contributed by atoms with Crippen LogP contribution < -0.4 is 4.90 Å². The third-order valence-corrected chi connectivity index (χ3v) is 5.62. The molecule has 1 saturated heterocycles. The Morgan fingerprint density at radius 1 is 1.22 bits per heavy atom. The molecule has 1 aromatic carbocycles. The Morgan fingerprint density at radius 3 is 2.39 bits per heavy atom. The molecule has 0 N–H and O–H groups in total. The zero-order chi connectivity index (χ0) is 16.6. The van der Waals surface area contributed by atoms with E-state index in [2.05, 4.69) is 9.80 Å². The van der Waals surface area contributed by atoms with Crippen LogP contribution in [0.2, 0.25) is 0 Å². The van der Waals surface area contributed by atoms with Gasteiger partial charge in [-0.25, -0.2) is 8.42 Å². The predicted molar refractivity (Wildman–Crippen MR) is 87.6 cm³/mol. The number of nitrogens with zero attached hydrogens (tertiary/aromatic N) is 3. The lowest BCUT2D eigenvalue weighted by atomic mass is 10.2. The Balaban J connectivity index is 1.76. The maximum atomic E-state index is 11.8. The standard InChI is InChI=1S/C15H21N3O4S/c1-23(21,22)15-10-13(4-5-14(15)18(19)20)17-8-6-16(7-9-17)11-12-2-3-12/h4-5,10,12H,2-3,6-9,11H2,1H3. The molecule has 1 aromatic rings. The molecule has 1 saturated carbocycles. The highest BCUT2D eigenvalue weighted by Crippen LogP contribution is 2.31. The monoisotopic (exact) mass is 339 g/mol. The molecule has 2 fully saturated rings. The van der Waals surface area contributed by atoms with E-state index in [0.717, 1.165) is 50.6 Å². The van der Waals surface area contributed by atoms with Crippen molar-refractivity contribution in [3.05, 3.63) is 28.3 Å². The van der Waals surface area contributed by atoms with Crippen LogP contribution in [0, 0.1) is 16.0 Å². The average molecular weight is 339 g/mol. The second-order valence-electron chi connectivity index (χ2n) is 6.41. The number of sulfone groups is 1. The van der Waals surface area contributed by atoms with Gasteiger partial charge in [-0.1, -0.05) is 0 Å². The van der Waals surface area contributed by atoms with Gasteiger partial charge in [0.1, 0.15) is 4.90 Å². The van der Waals surface area contributed by atoms with Crippen LogP contribution in [0.3, 0.4) is 0 Å². The molecule has 0 aromatic heterocycles. The van der Waals surface area contributed by atoms with Crippen LogP contribution in [0.4, 0.5) is 11.4 Å². The minimum absolute atomic E-state index is 0.208. The first-order valence-electron chi connectivity index (χ1n) is 7.80. The molecule has 0 bridgehead atoms. The average Bonchev–Trinajstić information content (AvgIpc) is 3.30. The maximum absolute atomic E-state index is 11.8. The molecular weight excluding hydrogens is 318 g/mol. The molecular formula is C15H21N3O4S. The van der Waals surface area contributed by atoms with Crippen molar-refractivity contribution >= 4 is 21.2 Å². The summed E-state index contributed by atoms with van der Waals surface area (Å²) in [5, 5.41) is 11.0. The summed E-state index contributed by atoms with van der Waals surface area (Å²) in [7, 11) is -3.64. The molecule has 0 spiro atoms. The van der Waals surface area contributed by atoms with Gasteiger partial charge in [0.25, 0.3) is 5.69 Å². The minimum Gasteiger partial charge on any atom is -0.369 e. The molecule has 1 aliphatic heterocycles. The predicted octanol–water partition coefficient (Wildman–Crippen LogP) is 1.53. The van der Waals surface area contributed by atoms with Crippen molar-refractivity contribution in [2.24, 2.45) is 5.92 Å². The quantitative estimate of drug-likeness (QED) is 0.597. The Bertz CT molecular complexity index is 707. The van der Waals surface area contributed by atoms with Gasteiger partial charge in [0.05, 0.1) is 4.92 Å². The van der Waals surface area contributed by atoms with Gasteiger partial charge in [-0.2, -0.15) is 0 Å². The summed E-state index contributed by atoms with van der Waals surface area (Å²) in [5.41, 5.74) is 0.380. The van der Waals surface area contributed by atoms with Crippen LogP contribution in [-0.2, 0) is 9.84 Å². The fourth-order valence-corrected chi connectivity index (χ4v) is 3.86. The normalized spacial score (nSPS) is 19.8. The summed E-state index contributed by atoms with van der Waals surface area (Å²) in [5.74, 6) is 0.859. The van der Waals surface area contributed by atoms with E-state index < -0.39 is 14.8 Å². The van der Waals surface area contributed by atoms with Crippen molar-refractivity contribution in [1.29, 1.82) is 0 Å². The van der Waals surface area contributed by atoms with Crippen LogP contribution in [0.25, 0.3) is 0 Å². The largest absolute Gasteiger partial charge is 0.369 e. The van der Waals surface area contributed by atoms with Crippen LogP contribution in [0.5, 0.6) is 0 Å². The molecule has 23 heavy (non-hydrogen) atoms. The molecule has 1 heterocycles. The molecule has 3 rings (SSSR count). The van der Waals surface area contributed by atoms with E-state index in [4.69, 9.17) is 0 Å². The summed E-state index contributed by atoms with van der Waals surface area (Å²) in [4.78, 5) is 14.7. The molecule has 0 radical (unpaired) electrons. The highest BCUT2D eigenvalue weighted by Gasteiger charge is 2.28. The smallest absolute Gasteiger partial charge is 0.288 e. The van der Waals surface area contributed by atoms with Crippen molar-refractivity contribution in [3.63, 3.8) is 0 Å². The highest BCUT2D eigenvalue weighted by atomic mass is 32.2. The van der Waals surface area contributed by atoms with Gasteiger partial charge >= 0.3 is 0 Å². The van der Waals surface area contributed by atoms with Gasteiger partial charge in [-0.15, -0.1) is 0 Å². The van der Waals surface area contributed by atoms with E-state index in [1.54, 1.807) is 6.07 Å². The lowest BCUT2D eigenvalue weighted by molar-refractivity contribution is -0.387. The van der Waals surface area contributed by atoms with E-state index in [1.165, 1.54) is 25.0 Å². The van der Waals surface area contributed by atoms with Crippen molar-refractivity contribution < 1.29 is 13.3 Å². The Hall–Kier alpha value is -1.67. The SMILES string of the molecule is CS(=O)(=O)c1cc(N2CCN(CC3CC3)CC2)ccc1[N+](=O)[O-]. The van der Waals surface area contributed by atoms with E-state index >= 15 is 0 Å². The number of nitro benzene ring substituents is 1. The lowest BCUT2D eigenvalue weighted by Crippen LogP contribution is -2.47. The molecule has 0 amide bonds.